The number of halogens is 1. The molecule has 0 spiro atoms. The molecule has 5 heteroatoms. The molecule has 2 aromatic carbocycles. The molecule has 0 bridgehead atoms. The molecule has 2 aromatic rings. The lowest BCUT2D eigenvalue weighted by Gasteiger charge is -2.18. The fourth-order valence-corrected chi connectivity index (χ4v) is 2.66. The Balaban J connectivity index is 1.57. The minimum Gasteiger partial charge on any atom is -0.486 e. The summed E-state index contributed by atoms with van der Waals surface area (Å²) < 4.78 is 17.2. The van der Waals surface area contributed by atoms with Crippen LogP contribution in [0.25, 0.3) is 0 Å². The Labute approximate surface area is 137 Å². The Bertz CT molecular complexity index is 684. The van der Waals surface area contributed by atoms with Gasteiger partial charge >= 0.3 is 5.97 Å². The van der Waals surface area contributed by atoms with Crippen LogP contribution in [0, 0.1) is 0 Å². The van der Waals surface area contributed by atoms with Gasteiger partial charge < -0.3 is 14.2 Å². The van der Waals surface area contributed by atoms with Gasteiger partial charge in [0, 0.05) is 17.0 Å². The van der Waals surface area contributed by atoms with Gasteiger partial charge in [-0.25, -0.2) is 0 Å². The zero-order valence-corrected chi connectivity index (χ0v) is 13.5. The van der Waals surface area contributed by atoms with Crippen molar-refractivity contribution in [3.63, 3.8) is 0 Å². The molecule has 0 radical (unpaired) electrons. The molecule has 22 heavy (non-hydrogen) atoms. The van der Waals surface area contributed by atoms with Crippen LogP contribution in [0.5, 0.6) is 17.2 Å². The van der Waals surface area contributed by atoms with Crippen LogP contribution in [-0.2, 0) is 11.2 Å². The van der Waals surface area contributed by atoms with E-state index >= 15 is 0 Å². The summed E-state index contributed by atoms with van der Waals surface area (Å²) in [5, 5.41) is 0. The van der Waals surface area contributed by atoms with Gasteiger partial charge in [-0.2, -0.15) is 0 Å². The molecule has 4 nitrogen and oxygen atoms in total. The number of carbonyl (C=O) groups is 1. The summed E-state index contributed by atoms with van der Waals surface area (Å²) in [6, 6.07) is 13.0. The van der Waals surface area contributed by atoms with Gasteiger partial charge in [-0.1, -0.05) is 28.1 Å². The second-order valence-electron chi connectivity index (χ2n) is 4.91. The number of benzene rings is 2. The maximum Gasteiger partial charge on any atom is 0.311 e. The van der Waals surface area contributed by atoms with Gasteiger partial charge in [-0.15, -0.1) is 0 Å². The molecule has 0 amide bonds. The molecule has 0 aromatic heterocycles. The lowest BCUT2D eigenvalue weighted by molar-refractivity contribution is -0.134. The van der Waals surface area contributed by atoms with E-state index in [1.807, 2.05) is 24.3 Å². The van der Waals surface area contributed by atoms with Crippen molar-refractivity contribution in [2.75, 3.05) is 13.2 Å². The monoisotopic (exact) mass is 362 g/mol. The molecular weight excluding hydrogens is 348 g/mol. The summed E-state index contributed by atoms with van der Waals surface area (Å²) in [6.07, 6.45) is 0.966. The van der Waals surface area contributed by atoms with Crippen molar-refractivity contribution in [3.05, 3.63) is 52.5 Å². The molecule has 0 saturated carbocycles. The van der Waals surface area contributed by atoms with E-state index in [9.17, 15) is 4.79 Å². The Morgan fingerprint density at radius 1 is 1.09 bits per heavy atom. The second kappa shape index (κ2) is 6.83. The highest BCUT2D eigenvalue weighted by Crippen LogP contribution is 2.33. The van der Waals surface area contributed by atoms with Crippen LogP contribution < -0.4 is 14.2 Å². The number of esters is 1. The Morgan fingerprint density at radius 2 is 1.91 bits per heavy atom. The summed E-state index contributed by atoms with van der Waals surface area (Å²) in [7, 11) is 0. The number of fused-ring (bicyclic) bond motifs is 1. The molecule has 1 aliphatic rings. The zero-order valence-electron chi connectivity index (χ0n) is 11.9. The van der Waals surface area contributed by atoms with Crippen LogP contribution in [0.2, 0.25) is 0 Å². The van der Waals surface area contributed by atoms with E-state index in [-0.39, 0.29) is 5.97 Å². The van der Waals surface area contributed by atoms with Crippen molar-refractivity contribution < 1.29 is 19.0 Å². The van der Waals surface area contributed by atoms with Crippen molar-refractivity contribution in [3.8, 4) is 17.2 Å². The first-order chi connectivity index (χ1) is 10.7. The highest BCUT2D eigenvalue weighted by molar-refractivity contribution is 9.10. The lowest BCUT2D eigenvalue weighted by atomic mass is 10.1. The quantitative estimate of drug-likeness (QED) is 0.613. The molecule has 0 N–H and O–H groups in total. The van der Waals surface area contributed by atoms with E-state index in [4.69, 9.17) is 14.2 Å². The van der Waals surface area contributed by atoms with Gasteiger partial charge in [-0.05, 0) is 36.2 Å². The summed E-state index contributed by atoms with van der Waals surface area (Å²) in [5.41, 5.74) is 1.09. The smallest absolute Gasteiger partial charge is 0.311 e. The normalized spacial score (nSPS) is 12.8. The maximum atomic E-state index is 11.9. The standard InChI is InChI=1S/C17H15BrO4/c18-13-3-1-2-12(10-13)4-7-17(19)22-14-5-6-15-16(11-14)21-9-8-20-15/h1-3,5-6,10-11H,4,7-9H2. The predicted octanol–water partition coefficient (Wildman–Crippen LogP) is 3.76. The Morgan fingerprint density at radius 3 is 2.73 bits per heavy atom. The first-order valence-corrected chi connectivity index (χ1v) is 7.85. The first kappa shape index (κ1) is 14.9. The van der Waals surface area contributed by atoms with Gasteiger partial charge in [0.2, 0.25) is 0 Å². The number of aryl methyl sites for hydroxylation is 1. The third kappa shape index (κ3) is 3.80. The van der Waals surface area contributed by atoms with Crippen LogP contribution in [0.1, 0.15) is 12.0 Å². The third-order valence-corrected chi connectivity index (χ3v) is 3.75. The van der Waals surface area contributed by atoms with Crippen LogP contribution in [-0.4, -0.2) is 19.2 Å². The maximum absolute atomic E-state index is 11.9. The predicted molar refractivity (Wildman–Crippen MR) is 85.5 cm³/mol. The Kier molecular flexibility index (Phi) is 4.63. The number of rotatable bonds is 4. The average Bonchev–Trinajstić information content (AvgIpc) is 2.53. The van der Waals surface area contributed by atoms with Gasteiger partial charge in [0.15, 0.2) is 11.5 Å². The summed E-state index contributed by atoms with van der Waals surface area (Å²) >= 11 is 3.42. The van der Waals surface area contributed by atoms with E-state index < -0.39 is 0 Å². The van der Waals surface area contributed by atoms with Crippen LogP contribution >= 0.6 is 15.9 Å². The number of carbonyl (C=O) groups excluding carboxylic acids is 1. The van der Waals surface area contributed by atoms with E-state index in [1.165, 1.54) is 0 Å². The molecule has 0 saturated heterocycles. The number of ether oxygens (including phenoxy) is 3. The lowest BCUT2D eigenvalue weighted by Crippen LogP contribution is -2.15. The van der Waals surface area contributed by atoms with E-state index in [0.29, 0.717) is 43.3 Å². The van der Waals surface area contributed by atoms with Crippen molar-refractivity contribution in [2.45, 2.75) is 12.8 Å². The third-order valence-electron chi connectivity index (χ3n) is 3.25. The molecule has 114 valence electrons. The minimum absolute atomic E-state index is 0.267. The van der Waals surface area contributed by atoms with Crippen LogP contribution in [0.3, 0.4) is 0 Å². The zero-order chi connectivity index (χ0) is 15.4. The van der Waals surface area contributed by atoms with Gasteiger partial charge in [0.25, 0.3) is 0 Å². The van der Waals surface area contributed by atoms with Crippen molar-refractivity contribution in [1.82, 2.24) is 0 Å². The highest BCUT2D eigenvalue weighted by atomic mass is 79.9. The largest absolute Gasteiger partial charge is 0.486 e. The Hall–Kier alpha value is -2.01. The molecule has 0 aliphatic carbocycles. The van der Waals surface area contributed by atoms with E-state index in [0.717, 1.165) is 10.0 Å². The fourth-order valence-electron chi connectivity index (χ4n) is 2.21. The van der Waals surface area contributed by atoms with Gasteiger partial charge in [0.1, 0.15) is 19.0 Å². The average molecular weight is 363 g/mol. The van der Waals surface area contributed by atoms with Crippen molar-refractivity contribution in [2.24, 2.45) is 0 Å². The van der Waals surface area contributed by atoms with E-state index in [2.05, 4.69) is 15.9 Å². The van der Waals surface area contributed by atoms with Crippen LogP contribution in [0.15, 0.2) is 46.9 Å². The number of hydrogen-bond donors (Lipinski definition) is 0. The molecule has 0 atom stereocenters. The molecule has 1 aliphatic heterocycles. The SMILES string of the molecule is O=C(CCc1cccc(Br)c1)Oc1ccc2c(c1)OCCO2. The topological polar surface area (TPSA) is 44.8 Å². The highest BCUT2D eigenvalue weighted by Gasteiger charge is 2.14. The fraction of sp³-hybridized carbons (Fsp3) is 0.235. The molecular formula is C17H15BrO4. The van der Waals surface area contributed by atoms with Crippen molar-refractivity contribution >= 4 is 21.9 Å². The van der Waals surface area contributed by atoms with Crippen molar-refractivity contribution in [1.29, 1.82) is 0 Å². The van der Waals surface area contributed by atoms with E-state index in [1.54, 1.807) is 18.2 Å². The molecule has 3 rings (SSSR count). The summed E-state index contributed by atoms with van der Waals surface area (Å²) in [5.74, 6) is 1.50. The minimum atomic E-state index is -0.267. The molecule has 0 fully saturated rings. The molecule has 0 unspecified atom stereocenters. The first-order valence-electron chi connectivity index (χ1n) is 7.05. The molecule has 1 heterocycles. The van der Waals surface area contributed by atoms with Crippen LogP contribution in [0.4, 0.5) is 0 Å². The summed E-state index contributed by atoms with van der Waals surface area (Å²) in [6.45, 7) is 1.05. The van der Waals surface area contributed by atoms with Gasteiger partial charge in [0.05, 0.1) is 0 Å². The summed E-state index contributed by atoms with van der Waals surface area (Å²) in [4.78, 5) is 11.9. The number of hydrogen-bond acceptors (Lipinski definition) is 4. The second-order valence-corrected chi connectivity index (χ2v) is 5.83. The van der Waals surface area contributed by atoms with Gasteiger partial charge in [-0.3, -0.25) is 4.79 Å².